The molecule has 0 aliphatic rings. The molecule has 2 aromatic carbocycles. The fraction of sp³-hybridized carbons (Fsp3) is 0.158. The average Bonchev–Trinajstić information content (AvgIpc) is 3.11. The first kappa shape index (κ1) is 18.6. The van der Waals surface area contributed by atoms with Gasteiger partial charge in [0.25, 0.3) is 0 Å². The minimum Gasteiger partial charge on any atom is -0.366 e. The number of primary amides is 1. The fourth-order valence-electron chi connectivity index (χ4n) is 2.41. The molecule has 0 saturated heterocycles. The topological polar surface area (TPSA) is 111 Å². The summed E-state index contributed by atoms with van der Waals surface area (Å²) in [6, 6.07) is 13.5. The second kappa shape index (κ2) is 8.46. The molecule has 7 nitrogen and oxygen atoms in total. The van der Waals surface area contributed by atoms with E-state index in [9.17, 15) is 9.59 Å². The summed E-state index contributed by atoms with van der Waals surface area (Å²) >= 11 is 5.86. The summed E-state index contributed by atoms with van der Waals surface area (Å²) in [6.45, 7) is 0. The Morgan fingerprint density at radius 3 is 2.44 bits per heavy atom. The number of aromatic nitrogens is 2. The molecule has 0 bridgehead atoms. The van der Waals surface area contributed by atoms with Crippen LogP contribution in [0.3, 0.4) is 0 Å². The number of carbonyl (C=O) groups excluding carboxylic acids is 2. The number of carbonyl (C=O) groups is 2. The lowest BCUT2D eigenvalue weighted by atomic mass is 10.2. The van der Waals surface area contributed by atoms with Gasteiger partial charge in [-0.25, -0.2) is 0 Å². The van der Waals surface area contributed by atoms with Gasteiger partial charge in [-0.3, -0.25) is 9.59 Å². The lowest BCUT2D eigenvalue weighted by molar-refractivity contribution is -0.116. The molecule has 3 N–H and O–H groups in total. The van der Waals surface area contributed by atoms with Crippen molar-refractivity contribution in [1.29, 1.82) is 0 Å². The van der Waals surface area contributed by atoms with Gasteiger partial charge in [0.15, 0.2) is 0 Å². The highest BCUT2D eigenvalue weighted by Crippen LogP contribution is 2.19. The molecule has 3 rings (SSSR count). The molecule has 0 aliphatic carbocycles. The number of nitrogens with one attached hydrogen (secondary N) is 1. The van der Waals surface area contributed by atoms with Gasteiger partial charge in [-0.15, -0.1) is 0 Å². The van der Waals surface area contributed by atoms with Crippen LogP contribution < -0.4 is 11.1 Å². The normalized spacial score (nSPS) is 10.6. The van der Waals surface area contributed by atoms with Crippen LogP contribution in [0.5, 0.6) is 0 Å². The monoisotopic (exact) mass is 384 g/mol. The zero-order valence-electron chi connectivity index (χ0n) is 14.3. The third kappa shape index (κ3) is 5.15. The summed E-state index contributed by atoms with van der Waals surface area (Å²) in [5, 5.41) is 7.33. The van der Waals surface area contributed by atoms with Crippen LogP contribution in [0.25, 0.3) is 11.4 Å². The predicted octanol–water partition coefficient (Wildman–Crippen LogP) is 3.45. The van der Waals surface area contributed by atoms with Gasteiger partial charge in [-0.1, -0.05) is 16.8 Å². The molecular formula is C19H17ClN4O3. The summed E-state index contributed by atoms with van der Waals surface area (Å²) in [6.07, 6.45) is 1.36. The SMILES string of the molecule is NC(=O)c1ccc(NC(=O)CCCc2nc(-c3ccc(Cl)cc3)no2)cc1. The van der Waals surface area contributed by atoms with Gasteiger partial charge in [0.05, 0.1) is 0 Å². The number of nitrogens with zero attached hydrogens (tertiary/aromatic N) is 2. The van der Waals surface area contributed by atoms with Crippen LogP contribution in [-0.4, -0.2) is 22.0 Å². The Kier molecular flexibility index (Phi) is 5.83. The Morgan fingerprint density at radius 1 is 1.07 bits per heavy atom. The maximum Gasteiger partial charge on any atom is 0.248 e. The van der Waals surface area contributed by atoms with Gasteiger partial charge in [0.1, 0.15) is 0 Å². The van der Waals surface area contributed by atoms with Gasteiger partial charge in [0, 0.05) is 34.7 Å². The largest absolute Gasteiger partial charge is 0.366 e. The predicted molar refractivity (Wildman–Crippen MR) is 101 cm³/mol. The summed E-state index contributed by atoms with van der Waals surface area (Å²) in [5.74, 6) is 0.309. The molecule has 1 aromatic heterocycles. The fourth-order valence-corrected chi connectivity index (χ4v) is 2.54. The van der Waals surface area contributed by atoms with E-state index in [-0.39, 0.29) is 5.91 Å². The maximum atomic E-state index is 12.0. The van der Waals surface area contributed by atoms with Gasteiger partial charge >= 0.3 is 0 Å². The van der Waals surface area contributed by atoms with Gasteiger partial charge in [0.2, 0.25) is 23.5 Å². The van der Waals surface area contributed by atoms with Crippen molar-refractivity contribution >= 4 is 29.1 Å². The number of hydrogen-bond acceptors (Lipinski definition) is 5. The zero-order chi connectivity index (χ0) is 19.2. The van der Waals surface area contributed by atoms with E-state index in [2.05, 4.69) is 15.5 Å². The van der Waals surface area contributed by atoms with Crippen LogP contribution in [0.4, 0.5) is 5.69 Å². The number of aryl methyl sites for hydroxylation is 1. The standard InChI is InChI=1S/C19H17ClN4O3/c20-14-8-4-13(5-9-14)19-23-17(27-24-19)3-1-2-16(25)22-15-10-6-12(7-11-15)18(21)26/h4-11H,1-3H2,(H2,21,26)(H,22,25). The molecule has 2 amide bonds. The van der Waals surface area contributed by atoms with Crippen molar-refractivity contribution in [3.05, 3.63) is 65.0 Å². The number of rotatable bonds is 7. The summed E-state index contributed by atoms with van der Waals surface area (Å²) < 4.78 is 5.22. The van der Waals surface area contributed by atoms with Crippen molar-refractivity contribution < 1.29 is 14.1 Å². The first-order valence-corrected chi connectivity index (χ1v) is 8.67. The first-order chi connectivity index (χ1) is 13.0. The van der Waals surface area contributed by atoms with E-state index in [1.165, 1.54) is 0 Å². The number of nitrogens with two attached hydrogens (primary N) is 1. The molecule has 27 heavy (non-hydrogen) atoms. The van der Waals surface area contributed by atoms with E-state index in [0.717, 1.165) is 5.56 Å². The first-order valence-electron chi connectivity index (χ1n) is 8.29. The molecule has 0 aliphatic heterocycles. The smallest absolute Gasteiger partial charge is 0.248 e. The van der Waals surface area contributed by atoms with Crippen molar-refractivity contribution in [2.24, 2.45) is 5.73 Å². The summed E-state index contributed by atoms with van der Waals surface area (Å²) in [4.78, 5) is 27.3. The van der Waals surface area contributed by atoms with Crippen LogP contribution in [-0.2, 0) is 11.2 Å². The van der Waals surface area contributed by atoms with Crippen LogP contribution in [0.2, 0.25) is 5.02 Å². The summed E-state index contributed by atoms with van der Waals surface area (Å²) in [5.41, 5.74) is 6.99. The highest BCUT2D eigenvalue weighted by atomic mass is 35.5. The molecular weight excluding hydrogens is 368 g/mol. The van der Waals surface area contributed by atoms with Crippen molar-refractivity contribution in [3.63, 3.8) is 0 Å². The maximum absolute atomic E-state index is 12.0. The van der Waals surface area contributed by atoms with Crippen LogP contribution >= 0.6 is 11.6 Å². The number of benzene rings is 2. The average molecular weight is 385 g/mol. The number of halogens is 1. The molecule has 0 atom stereocenters. The Hall–Kier alpha value is -3.19. The molecule has 138 valence electrons. The third-order valence-electron chi connectivity index (χ3n) is 3.82. The van der Waals surface area contributed by atoms with Crippen LogP contribution in [0, 0.1) is 0 Å². The van der Waals surface area contributed by atoms with Crippen molar-refractivity contribution in [2.45, 2.75) is 19.3 Å². The highest BCUT2D eigenvalue weighted by Gasteiger charge is 2.10. The molecule has 0 spiro atoms. The highest BCUT2D eigenvalue weighted by molar-refractivity contribution is 6.30. The molecule has 0 radical (unpaired) electrons. The van der Waals surface area contributed by atoms with Gasteiger partial charge in [-0.05, 0) is 55.0 Å². The zero-order valence-corrected chi connectivity index (χ0v) is 15.1. The number of hydrogen-bond donors (Lipinski definition) is 2. The Labute approximate surface area is 160 Å². The van der Waals surface area contributed by atoms with E-state index >= 15 is 0 Å². The van der Waals surface area contributed by atoms with Crippen molar-refractivity contribution in [2.75, 3.05) is 5.32 Å². The lowest BCUT2D eigenvalue weighted by Crippen LogP contribution is -2.13. The Balaban J connectivity index is 1.47. The van der Waals surface area contributed by atoms with E-state index in [4.69, 9.17) is 21.9 Å². The minimum absolute atomic E-state index is 0.140. The third-order valence-corrected chi connectivity index (χ3v) is 4.07. The second-order valence-corrected chi connectivity index (χ2v) is 6.30. The number of amides is 2. The Bertz CT molecular complexity index is 936. The van der Waals surface area contributed by atoms with E-state index < -0.39 is 5.91 Å². The molecule has 0 fully saturated rings. The van der Waals surface area contributed by atoms with Crippen LogP contribution in [0.15, 0.2) is 53.1 Å². The van der Waals surface area contributed by atoms with Crippen molar-refractivity contribution in [3.8, 4) is 11.4 Å². The lowest BCUT2D eigenvalue weighted by Gasteiger charge is -2.05. The summed E-state index contributed by atoms with van der Waals surface area (Å²) in [7, 11) is 0. The molecule has 8 heteroatoms. The van der Waals surface area contributed by atoms with E-state index in [1.54, 1.807) is 36.4 Å². The number of anilines is 1. The molecule has 3 aromatic rings. The Morgan fingerprint density at radius 2 is 1.78 bits per heavy atom. The molecule has 0 unspecified atom stereocenters. The van der Waals surface area contributed by atoms with E-state index in [1.807, 2.05) is 12.1 Å². The van der Waals surface area contributed by atoms with Gasteiger partial charge < -0.3 is 15.6 Å². The van der Waals surface area contributed by atoms with E-state index in [0.29, 0.717) is 47.3 Å². The molecule has 0 saturated carbocycles. The van der Waals surface area contributed by atoms with Gasteiger partial charge in [-0.2, -0.15) is 4.98 Å². The molecule has 1 heterocycles. The second-order valence-electron chi connectivity index (χ2n) is 5.86. The van der Waals surface area contributed by atoms with Crippen LogP contribution in [0.1, 0.15) is 29.1 Å². The quantitative estimate of drug-likeness (QED) is 0.648. The van der Waals surface area contributed by atoms with Crippen molar-refractivity contribution in [1.82, 2.24) is 10.1 Å². The minimum atomic E-state index is -0.509.